The van der Waals surface area contributed by atoms with E-state index in [1.54, 1.807) is 0 Å². The highest BCUT2D eigenvalue weighted by molar-refractivity contribution is 5.95. The molecule has 0 saturated heterocycles. The molecular formula is C18H33N3O5. The van der Waals surface area contributed by atoms with E-state index in [1.165, 1.54) is 0 Å². The summed E-state index contributed by atoms with van der Waals surface area (Å²) in [6.07, 6.45) is 0.793. The summed E-state index contributed by atoms with van der Waals surface area (Å²) >= 11 is 0. The van der Waals surface area contributed by atoms with Crippen LogP contribution in [-0.2, 0) is 14.4 Å². The van der Waals surface area contributed by atoms with E-state index < -0.39 is 35.4 Å². The van der Waals surface area contributed by atoms with Gasteiger partial charge in [-0.2, -0.15) is 0 Å². The van der Waals surface area contributed by atoms with Gasteiger partial charge in [-0.25, -0.2) is 4.79 Å². The summed E-state index contributed by atoms with van der Waals surface area (Å²) in [6, 6.07) is -1.03. The highest BCUT2D eigenvalue weighted by Crippen LogP contribution is 2.28. The number of rotatable bonds is 12. The van der Waals surface area contributed by atoms with Crippen molar-refractivity contribution in [2.24, 2.45) is 23.5 Å². The van der Waals surface area contributed by atoms with Gasteiger partial charge < -0.3 is 26.3 Å². The Balaban J connectivity index is 5.86. The van der Waals surface area contributed by atoms with Gasteiger partial charge in [0, 0.05) is 5.92 Å². The fourth-order valence-corrected chi connectivity index (χ4v) is 3.18. The van der Waals surface area contributed by atoms with Gasteiger partial charge in [0.2, 0.25) is 11.8 Å². The van der Waals surface area contributed by atoms with Gasteiger partial charge in [-0.1, -0.05) is 41.0 Å². The third-order valence-corrected chi connectivity index (χ3v) is 4.23. The van der Waals surface area contributed by atoms with E-state index in [0.717, 1.165) is 0 Å². The Labute approximate surface area is 155 Å². The Hall–Kier alpha value is -2.12. The molecule has 3 amide bonds. The maximum atomic E-state index is 12.8. The minimum atomic E-state index is -1.54. The van der Waals surface area contributed by atoms with Crippen LogP contribution >= 0.6 is 0 Å². The molecule has 26 heavy (non-hydrogen) atoms. The van der Waals surface area contributed by atoms with Crippen molar-refractivity contribution in [1.82, 2.24) is 10.6 Å². The molecule has 0 aromatic carbocycles. The van der Waals surface area contributed by atoms with E-state index in [1.807, 2.05) is 34.6 Å². The summed E-state index contributed by atoms with van der Waals surface area (Å²) in [5.41, 5.74) is 4.09. The highest BCUT2D eigenvalue weighted by Gasteiger charge is 2.46. The number of nitrogens with two attached hydrogens (primary N) is 1. The molecule has 0 saturated carbocycles. The lowest BCUT2D eigenvalue weighted by Crippen LogP contribution is -2.65. The van der Waals surface area contributed by atoms with Crippen molar-refractivity contribution in [3.63, 3.8) is 0 Å². The molecule has 0 heterocycles. The van der Waals surface area contributed by atoms with Gasteiger partial charge in [-0.3, -0.25) is 9.59 Å². The van der Waals surface area contributed by atoms with Gasteiger partial charge in [0.05, 0.1) is 0 Å². The summed E-state index contributed by atoms with van der Waals surface area (Å²) in [6.45, 7) is 9.29. The second kappa shape index (κ2) is 10.8. The molecule has 0 aliphatic rings. The monoisotopic (exact) mass is 371 g/mol. The molecular weight excluding hydrogens is 338 g/mol. The predicted octanol–water partition coefficient (Wildman–Crippen LogP) is 1.67. The van der Waals surface area contributed by atoms with E-state index in [9.17, 15) is 19.2 Å². The minimum Gasteiger partial charge on any atom is -0.465 e. The van der Waals surface area contributed by atoms with Crippen LogP contribution in [0.25, 0.3) is 0 Å². The van der Waals surface area contributed by atoms with E-state index in [-0.39, 0.29) is 24.7 Å². The fraction of sp³-hybridized carbons (Fsp3) is 0.778. The first kappa shape index (κ1) is 23.9. The average molecular weight is 371 g/mol. The van der Waals surface area contributed by atoms with Crippen molar-refractivity contribution < 1.29 is 24.3 Å². The van der Waals surface area contributed by atoms with Crippen LogP contribution in [0.15, 0.2) is 0 Å². The quantitative estimate of drug-likeness (QED) is 0.387. The number of hydrogen-bond donors (Lipinski definition) is 4. The van der Waals surface area contributed by atoms with Crippen LogP contribution in [0.4, 0.5) is 4.79 Å². The standard InChI is InChI=1S/C18H33N3O5/c1-6-7-13(10-22)18(16(19)24,9-12(4)5)21-15(23)14(8-11(2)3)20-17(25)26/h10-14,20H,6-9H2,1-5H3,(H2,19,24)(H,21,23)(H,25,26). The molecule has 0 fully saturated rings. The maximum absolute atomic E-state index is 12.8. The molecule has 0 spiro atoms. The summed E-state index contributed by atoms with van der Waals surface area (Å²) < 4.78 is 0. The number of amides is 3. The zero-order valence-electron chi connectivity index (χ0n) is 16.4. The number of carboxylic acid groups (broad SMARTS) is 1. The van der Waals surface area contributed by atoms with Gasteiger partial charge in [-0.15, -0.1) is 0 Å². The lowest BCUT2D eigenvalue weighted by atomic mass is 9.75. The molecule has 5 N–H and O–H groups in total. The number of aldehydes is 1. The Morgan fingerprint density at radius 2 is 1.73 bits per heavy atom. The molecule has 0 aromatic heterocycles. The highest BCUT2D eigenvalue weighted by atomic mass is 16.4. The molecule has 8 nitrogen and oxygen atoms in total. The van der Waals surface area contributed by atoms with Crippen molar-refractivity contribution in [1.29, 1.82) is 0 Å². The Morgan fingerprint density at radius 3 is 2.08 bits per heavy atom. The Kier molecular flexibility index (Phi) is 9.90. The van der Waals surface area contributed by atoms with Gasteiger partial charge >= 0.3 is 6.09 Å². The molecule has 0 rings (SSSR count). The fourth-order valence-electron chi connectivity index (χ4n) is 3.18. The molecule has 3 atom stereocenters. The zero-order valence-corrected chi connectivity index (χ0v) is 16.4. The second-order valence-electron chi connectivity index (χ2n) is 7.59. The summed E-state index contributed by atoms with van der Waals surface area (Å²) in [4.78, 5) is 47.8. The number of carbonyl (C=O) groups is 4. The topological polar surface area (TPSA) is 139 Å². The van der Waals surface area contributed by atoms with Crippen LogP contribution in [0.5, 0.6) is 0 Å². The smallest absolute Gasteiger partial charge is 0.405 e. The van der Waals surface area contributed by atoms with Crippen molar-refractivity contribution in [3.05, 3.63) is 0 Å². The van der Waals surface area contributed by atoms with Crippen LogP contribution in [0.1, 0.15) is 60.3 Å². The van der Waals surface area contributed by atoms with Crippen LogP contribution < -0.4 is 16.4 Å². The summed E-state index contributed by atoms with van der Waals surface area (Å²) in [7, 11) is 0. The summed E-state index contributed by atoms with van der Waals surface area (Å²) in [5, 5.41) is 13.8. The SMILES string of the molecule is CCCC(C=O)C(CC(C)C)(NC(=O)C(CC(C)C)NC(=O)O)C(N)=O. The molecule has 0 aliphatic heterocycles. The number of primary amides is 1. The first-order valence-electron chi connectivity index (χ1n) is 9.06. The first-order chi connectivity index (χ1) is 12.0. The lowest BCUT2D eigenvalue weighted by molar-refractivity contribution is -0.138. The van der Waals surface area contributed by atoms with Gasteiger partial charge in [0.15, 0.2) is 0 Å². The average Bonchev–Trinajstić information content (AvgIpc) is 2.49. The van der Waals surface area contributed by atoms with E-state index in [4.69, 9.17) is 10.8 Å². The molecule has 150 valence electrons. The lowest BCUT2D eigenvalue weighted by Gasteiger charge is -2.38. The largest absolute Gasteiger partial charge is 0.465 e. The van der Waals surface area contributed by atoms with E-state index >= 15 is 0 Å². The van der Waals surface area contributed by atoms with Crippen LogP contribution in [0, 0.1) is 17.8 Å². The van der Waals surface area contributed by atoms with Gasteiger partial charge in [-0.05, 0) is 31.1 Å². The first-order valence-corrected chi connectivity index (χ1v) is 9.06. The van der Waals surface area contributed by atoms with E-state index in [2.05, 4.69) is 10.6 Å². The molecule has 0 aromatic rings. The molecule has 3 unspecified atom stereocenters. The predicted molar refractivity (Wildman–Crippen MR) is 98.4 cm³/mol. The van der Waals surface area contributed by atoms with Gasteiger partial charge in [0.1, 0.15) is 17.9 Å². The summed E-state index contributed by atoms with van der Waals surface area (Å²) in [5.74, 6) is -2.19. The second-order valence-corrected chi connectivity index (χ2v) is 7.59. The van der Waals surface area contributed by atoms with Gasteiger partial charge in [0.25, 0.3) is 0 Å². The number of nitrogens with one attached hydrogen (secondary N) is 2. The molecule has 0 bridgehead atoms. The number of hydrogen-bond acceptors (Lipinski definition) is 4. The van der Waals surface area contributed by atoms with Crippen molar-refractivity contribution in [2.45, 2.75) is 71.9 Å². The number of carbonyl (C=O) groups excluding carboxylic acids is 3. The minimum absolute atomic E-state index is 0.0157. The Morgan fingerprint density at radius 1 is 1.15 bits per heavy atom. The molecule has 0 aliphatic carbocycles. The van der Waals surface area contributed by atoms with Crippen molar-refractivity contribution >= 4 is 24.2 Å². The van der Waals surface area contributed by atoms with Crippen molar-refractivity contribution in [2.75, 3.05) is 0 Å². The third-order valence-electron chi connectivity index (χ3n) is 4.23. The van der Waals surface area contributed by atoms with E-state index in [0.29, 0.717) is 19.1 Å². The molecule has 0 radical (unpaired) electrons. The molecule has 8 heteroatoms. The Bertz CT molecular complexity index is 507. The normalized spacial score (nSPS) is 15.8. The van der Waals surface area contributed by atoms with Crippen LogP contribution in [0.3, 0.4) is 0 Å². The van der Waals surface area contributed by atoms with Crippen LogP contribution in [-0.4, -0.2) is 40.9 Å². The maximum Gasteiger partial charge on any atom is 0.405 e. The van der Waals surface area contributed by atoms with Crippen molar-refractivity contribution in [3.8, 4) is 0 Å². The third kappa shape index (κ3) is 7.01. The zero-order chi connectivity index (χ0) is 20.5. The van der Waals surface area contributed by atoms with Crippen LogP contribution in [0.2, 0.25) is 0 Å².